The summed E-state index contributed by atoms with van der Waals surface area (Å²) in [6, 6.07) is -0.479. The number of carbonyl (C=O) groups excluding carboxylic acids is 1. The van der Waals surface area contributed by atoms with Gasteiger partial charge in [0.2, 0.25) is 0 Å². The Bertz CT molecular complexity index is 678. The Kier molecular flexibility index (Phi) is 5.50. The van der Waals surface area contributed by atoms with Crippen molar-refractivity contribution in [2.24, 2.45) is 9.98 Å². The van der Waals surface area contributed by atoms with Crippen LogP contribution in [0.4, 0.5) is 8.78 Å². The van der Waals surface area contributed by atoms with E-state index in [0.29, 0.717) is 29.9 Å². The van der Waals surface area contributed by atoms with Crippen LogP contribution in [0.25, 0.3) is 0 Å². The molecule has 1 N–H and O–H groups in total. The molecule has 3 aliphatic rings. The van der Waals surface area contributed by atoms with Gasteiger partial charge in [-0.15, -0.1) is 4.72 Å². The highest BCUT2D eigenvalue weighted by atomic mass is 32.2. The normalized spacial score (nSPS) is 23.7. The predicted molar refractivity (Wildman–Crippen MR) is 89.5 cm³/mol. The van der Waals surface area contributed by atoms with Gasteiger partial charge in [0.1, 0.15) is 11.4 Å². The SMILES string of the molecule is CCOC(=O)C1=C2CC(N[S+]([O-])C(F)F)CN2C(C2=NC=CC2)=NC1. The minimum atomic E-state index is -2.97. The highest BCUT2D eigenvalue weighted by Crippen LogP contribution is 2.31. The lowest BCUT2D eigenvalue weighted by Gasteiger charge is -2.28. The molecule has 1 fully saturated rings. The zero-order chi connectivity index (χ0) is 18.0. The lowest BCUT2D eigenvalue weighted by molar-refractivity contribution is -0.138. The number of ether oxygens (including phenoxy) is 1. The fourth-order valence-electron chi connectivity index (χ4n) is 3.02. The van der Waals surface area contributed by atoms with Gasteiger partial charge in [-0.1, -0.05) is 6.08 Å². The zero-order valence-electron chi connectivity index (χ0n) is 13.6. The Morgan fingerprint density at radius 3 is 3.04 bits per heavy atom. The number of alkyl halides is 2. The lowest BCUT2D eigenvalue weighted by Crippen LogP contribution is -2.42. The van der Waals surface area contributed by atoms with Crippen LogP contribution in [0.3, 0.4) is 0 Å². The Morgan fingerprint density at radius 1 is 1.60 bits per heavy atom. The number of nitrogens with one attached hydrogen (secondary N) is 1. The Morgan fingerprint density at radius 2 is 2.40 bits per heavy atom. The molecular weight excluding hydrogens is 354 g/mol. The monoisotopic (exact) mass is 372 g/mol. The molecule has 0 saturated carbocycles. The van der Waals surface area contributed by atoms with E-state index < -0.39 is 29.1 Å². The maximum atomic E-state index is 12.6. The van der Waals surface area contributed by atoms with Gasteiger partial charge in [-0.05, 0) is 6.92 Å². The minimum absolute atomic E-state index is 0.156. The Labute approximate surface area is 146 Å². The van der Waals surface area contributed by atoms with Crippen molar-refractivity contribution in [1.29, 1.82) is 0 Å². The maximum absolute atomic E-state index is 12.6. The third-order valence-corrected chi connectivity index (χ3v) is 4.92. The van der Waals surface area contributed by atoms with E-state index >= 15 is 0 Å². The fraction of sp³-hybridized carbons (Fsp3) is 0.533. The Balaban J connectivity index is 1.84. The first kappa shape index (κ1) is 18.0. The van der Waals surface area contributed by atoms with Crippen molar-refractivity contribution in [3.05, 3.63) is 23.5 Å². The van der Waals surface area contributed by atoms with Gasteiger partial charge in [-0.2, -0.15) is 8.78 Å². The fourth-order valence-corrected chi connectivity index (χ4v) is 3.61. The van der Waals surface area contributed by atoms with Gasteiger partial charge in [0.15, 0.2) is 5.84 Å². The summed E-state index contributed by atoms with van der Waals surface area (Å²) in [4.78, 5) is 22.7. The molecule has 0 amide bonds. The molecule has 3 heterocycles. The van der Waals surface area contributed by atoms with Gasteiger partial charge in [0, 0.05) is 31.3 Å². The summed E-state index contributed by atoms with van der Waals surface area (Å²) in [5, 5.41) is 0. The van der Waals surface area contributed by atoms with Crippen molar-refractivity contribution in [1.82, 2.24) is 9.62 Å². The molecule has 1 saturated heterocycles. The van der Waals surface area contributed by atoms with Crippen molar-refractivity contribution < 1.29 is 22.9 Å². The van der Waals surface area contributed by atoms with Gasteiger partial charge >= 0.3 is 11.7 Å². The van der Waals surface area contributed by atoms with Crippen molar-refractivity contribution in [3.8, 4) is 0 Å². The van der Waals surface area contributed by atoms with Crippen LogP contribution in [-0.4, -0.2) is 58.5 Å². The van der Waals surface area contributed by atoms with E-state index in [9.17, 15) is 18.1 Å². The van der Waals surface area contributed by atoms with E-state index in [1.54, 1.807) is 18.0 Å². The lowest BCUT2D eigenvalue weighted by atomic mass is 10.1. The molecule has 2 unspecified atom stereocenters. The second kappa shape index (κ2) is 7.63. The van der Waals surface area contributed by atoms with Crippen LogP contribution in [0.1, 0.15) is 19.8 Å². The predicted octanol–water partition coefficient (Wildman–Crippen LogP) is 1.12. The number of carbonyl (C=O) groups is 1. The number of esters is 1. The van der Waals surface area contributed by atoms with Crippen molar-refractivity contribution >= 4 is 28.9 Å². The maximum Gasteiger partial charge on any atom is 0.416 e. The molecule has 0 aliphatic carbocycles. The summed E-state index contributed by atoms with van der Waals surface area (Å²) < 4.78 is 44.0. The van der Waals surface area contributed by atoms with Crippen LogP contribution < -0.4 is 4.72 Å². The third kappa shape index (κ3) is 3.75. The second-order valence-electron chi connectivity index (χ2n) is 5.64. The second-order valence-corrected chi connectivity index (χ2v) is 6.82. The quantitative estimate of drug-likeness (QED) is 0.558. The number of aliphatic imine (C=N–C) groups is 2. The van der Waals surface area contributed by atoms with Gasteiger partial charge in [-0.3, -0.25) is 9.98 Å². The molecule has 0 aromatic carbocycles. The summed E-state index contributed by atoms with van der Waals surface area (Å²) in [5.41, 5.74) is 1.84. The van der Waals surface area contributed by atoms with Crippen LogP contribution >= 0.6 is 0 Å². The van der Waals surface area contributed by atoms with E-state index in [1.165, 1.54) is 0 Å². The third-order valence-electron chi connectivity index (χ3n) is 4.03. The number of hydrogen-bond donors (Lipinski definition) is 1. The minimum Gasteiger partial charge on any atom is -0.593 e. The summed E-state index contributed by atoms with van der Waals surface area (Å²) in [6.45, 7) is 2.39. The topological polar surface area (TPSA) is 89.3 Å². The molecule has 0 aromatic rings. The van der Waals surface area contributed by atoms with E-state index in [-0.39, 0.29) is 19.7 Å². The molecular formula is C15H18F2N4O3S. The molecule has 25 heavy (non-hydrogen) atoms. The van der Waals surface area contributed by atoms with Crippen LogP contribution in [0.15, 0.2) is 33.5 Å². The molecule has 0 spiro atoms. The van der Waals surface area contributed by atoms with E-state index in [1.807, 2.05) is 6.08 Å². The average Bonchev–Trinajstić information content (AvgIpc) is 3.23. The summed E-state index contributed by atoms with van der Waals surface area (Å²) >= 11 is -2.44. The zero-order valence-corrected chi connectivity index (χ0v) is 14.4. The van der Waals surface area contributed by atoms with Crippen molar-refractivity contribution in [2.75, 3.05) is 19.7 Å². The standard InChI is InChI=1S/C15H18F2N4O3S/c1-2-24-14(22)10-7-19-13(11-4-3-5-18-11)21-8-9(6-12(10)21)20-25(23)15(16)17/h3,5,9,15,20H,2,4,6-8H2,1H3. The van der Waals surface area contributed by atoms with Crippen molar-refractivity contribution in [3.63, 3.8) is 0 Å². The molecule has 7 nitrogen and oxygen atoms in total. The largest absolute Gasteiger partial charge is 0.593 e. The van der Waals surface area contributed by atoms with E-state index in [2.05, 4.69) is 14.7 Å². The number of nitrogens with zero attached hydrogens (tertiary/aromatic N) is 3. The first-order chi connectivity index (χ1) is 12.0. The molecule has 136 valence electrons. The number of rotatable bonds is 6. The van der Waals surface area contributed by atoms with E-state index in [4.69, 9.17) is 4.74 Å². The molecule has 0 aromatic heterocycles. The number of halogens is 2. The molecule has 2 atom stereocenters. The summed E-state index contributed by atoms with van der Waals surface area (Å²) in [5.74, 6) is -2.81. The van der Waals surface area contributed by atoms with Crippen LogP contribution in [0.2, 0.25) is 0 Å². The number of amidine groups is 1. The van der Waals surface area contributed by atoms with Gasteiger partial charge in [0.05, 0.1) is 30.5 Å². The number of fused-ring (bicyclic) bond motifs is 1. The molecule has 0 bridgehead atoms. The average molecular weight is 372 g/mol. The highest BCUT2D eigenvalue weighted by Gasteiger charge is 2.40. The molecule has 3 aliphatic heterocycles. The number of allylic oxidation sites excluding steroid dienone is 1. The van der Waals surface area contributed by atoms with Gasteiger partial charge < -0.3 is 14.2 Å². The van der Waals surface area contributed by atoms with Crippen LogP contribution in [-0.2, 0) is 20.9 Å². The summed E-state index contributed by atoms with van der Waals surface area (Å²) in [7, 11) is 0. The first-order valence-corrected chi connectivity index (χ1v) is 9.10. The first-order valence-electron chi connectivity index (χ1n) is 7.89. The smallest absolute Gasteiger partial charge is 0.416 e. The number of hydrogen-bond acceptors (Lipinski definition) is 7. The van der Waals surface area contributed by atoms with Gasteiger partial charge in [0.25, 0.3) is 0 Å². The van der Waals surface area contributed by atoms with Crippen molar-refractivity contribution in [2.45, 2.75) is 31.6 Å². The van der Waals surface area contributed by atoms with Crippen LogP contribution in [0.5, 0.6) is 0 Å². The highest BCUT2D eigenvalue weighted by molar-refractivity contribution is 7.89. The van der Waals surface area contributed by atoms with E-state index in [0.717, 1.165) is 5.71 Å². The molecule has 10 heteroatoms. The Hall–Kier alpha value is -1.78. The van der Waals surface area contributed by atoms with Gasteiger partial charge in [-0.25, -0.2) is 4.79 Å². The molecule has 0 radical (unpaired) electrons. The van der Waals surface area contributed by atoms with Crippen LogP contribution in [0, 0.1) is 0 Å². The summed E-state index contributed by atoms with van der Waals surface area (Å²) in [6.07, 6.45) is 4.49. The molecule has 3 rings (SSSR count).